The average molecular weight is 482 g/mol. The molecule has 2 N–H and O–H groups in total. The molecule has 2 aromatic carbocycles. The summed E-state index contributed by atoms with van der Waals surface area (Å²) in [4.78, 5) is 22.1. The Bertz CT molecular complexity index is 1230. The number of aromatic nitrogens is 6. The number of methoxy groups -OCH3 is 1. The molecule has 0 fully saturated rings. The predicted octanol–water partition coefficient (Wildman–Crippen LogP) is 3.41. The second kappa shape index (κ2) is 11.3. The minimum absolute atomic E-state index is 0. The van der Waals surface area contributed by atoms with Gasteiger partial charge >= 0.3 is 5.97 Å². The number of aryl methyl sites for hydroxylation is 1. The van der Waals surface area contributed by atoms with Gasteiger partial charge in [-0.25, -0.2) is 14.8 Å². The number of hydrogen-bond donors (Lipinski definition) is 2. The molecule has 0 spiro atoms. The van der Waals surface area contributed by atoms with E-state index in [0.29, 0.717) is 37.2 Å². The van der Waals surface area contributed by atoms with Crippen molar-refractivity contribution in [1.82, 2.24) is 30.6 Å². The van der Waals surface area contributed by atoms with Crippen LogP contribution < -0.4 is 4.90 Å². The van der Waals surface area contributed by atoms with E-state index in [9.17, 15) is 9.90 Å². The van der Waals surface area contributed by atoms with Crippen molar-refractivity contribution in [2.75, 3.05) is 25.2 Å². The molecule has 4 rings (SSSR count). The van der Waals surface area contributed by atoms with E-state index in [1.807, 2.05) is 53.4 Å². The van der Waals surface area contributed by atoms with Crippen molar-refractivity contribution in [3.05, 3.63) is 71.7 Å². The first-order chi connectivity index (χ1) is 16.1. The molecule has 0 radical (unpaired) electrons. The van der Waals surface area contributed by atoms with Crippen LogP contribution in [-0.4, -0.2) is 61.9 Å². The lowest BCUT2D eigenvalue weighted by molar-refractivity contribution is 0.0696. The van der Waals surface area contributed by atoms with E-state index in [2.05, 4.69) is 30.6 Å². The van der Waals surface area contributed by atoms with E-state index in [1.165, 1.54) is 6.20 Å². The molecule has 0 atom stereocenters. The van der Waals surface area contributed by atoms with Gasteiger partial charge in [0.15, 0.2) is 0 Å². The fourth-order valence-corrected chi connectivity index (χ4v) is 3.53. The van der Waals surface area contributed by atoms with Gasteiger partial charge in [-0.1, -0.05) is 48.5 Å². The number of hydrogen-bond acceptors (Lipinski definition) is 8. The van der Waals surface area contributed by atoms with Crippen LogP contribution in [0.2, 0.25) is 0 Å². The van der Waals surface area contributed by atoms with Crippen LogP contribution in [0.25, 0.3) is 22.5 Å². The van der Waals surface area contributed by atoms with Gasteiger partial charge in [0, 0.05) is 32.0 Å². The van der Waals surface area contributed by atoms with E-state index in [-0.39, 0.29) is 18.0 Å². The summed E-state index contributed by atoms with van der Waals surface area (Å²) in [5, 5.41) is 23.9. The Morgan fingerprint density at radius 1 is 1.12 bits per heavy atom. The number of anilines is 1. The lowest BCUT2D eigenvalue weighted by atomic mass is 9.98. The zero-order chi connectivity index (χ0) is 23.2. The Hall–Kier alpha value is -3.89. The number of halogens is 1. The SMILES string of the molecule is COCCN(Cc1ccc(-c2ccccc2-c2nn[nH]n2)cc1)c1nc(C)ncc1C(=O)O.Cl. The number of carbonyl (C=O) groups is 1. The first kappa shape index (κ1) is 24.7. The summed E-state index contributed by atoms with van der Waals surface area (Å²) in [6.07, 6.45) is 1.35. The maximum atomic E-state index is 11.7. The summed E-state index contributed by atoms with van der Waals surface area (Å²) in [6.45, 7) is 3.11. The Morgan fingerprint density at radius 2 is 1.85 bits per heavy atom. The molecule has 176 valence electrons. The Kier molecular flexibility index (Phi) is 8.23. The van der Waals surface area contributed by atoms with Crippen molar-refractivity contribution in [3.63, 3.8) is 0 Å². The number of aromatic carboxylic acids is 1. The molecule has 0 saturated heterocycles. The predicted molar refractivity (Wildman–Crippen MR) is 129 cm³/mol. The highest BCUT2D eigenvalue weighted by Crippen LogP contribution is 2.30. The Labute approximate surface area is 202 Å². The highest BCUT2D eigenvalue weighted by molar-refractivity contribution is 5.93. The van der Waals surface area contributed by atoms with Crippen LogP contribution in [0.1, 0.15) is 21.7 Å². The molecule has 0 unspecified atom stereocenters. The summed E-state index contributed by atoms with van der Waals surface area (Å²) in [5.74, 6) is 0.339. The third kappa shape index (κ3) is 5.53. The number of carboxylic acids is 1. The molecule has 2 aromatic heterocycles. The molecule has 0 bridgehead atoms. The second-order valence-corrected chi connectivity index (χ2v) is 7.35. The zero-order valence-corrected chi connectivity index (χ0v) is 19.5. The third-order valence-corrected chi connectivity index (χ3v) is 5.14. The van der Waals surface area contributed by atoms with Crippen molar-refractivity contribution >= 4 is 24.2 Å². The number of carboxylic acid groups (broad SMARTS) is 1. The van der Waals surface area contributed by atoms with Gasteiger partial charge in [-0.15, -0.1) is 22.6 Å². The van der Waals surface area contributed by atoms with Crippen molar-refractivity contribution in [2.24, 2.45) is 0 Å². The summed E-state index contributed by atoms with van der Waals surface area (Å²) < 4.78 is 5.24. The quantitative estimate of drug-likeness (QED) is 0.369. The fourth-order valence-electron chi connectivity index (χ4n) is 3.53. The molecule has 4 aromatic rings. The van der Waals surface area contributed by atoms with Gasteiger partial charge < -0.3 is 14.7 Å². The summed E-state index contributed by atoms with van der Waals surface area (Å²) in [7, 11) is 1.61. The maximum Gasteiger partial charge on any atom is 0.341 e. The van der Waals surface area contributed by atoms with Crippen molar-refractivity contribution < 1.29 is 14.6 Å². The molecule has 0 aliphatic heterocycles. The molecule has 11 heteroatoms. The monoisotopic (exact) mass is 481 g/mol. The van der Waals surface area contributed by atoms with Crippen LogP contribution >= 0.6 is 12.4 Å². The number of aromatic amines is 1. The number of ether oxygens (including phenoxy) is 1. The lowest BCUT2D eigenvalue weighted by Gasteiger charge is -2.25. The molecule has 10 nitrogen and oxygen atoms in total. The van der Waals surface area contributed by atoms with Crippen molar-refractivity contribution in [2.45, 2.75) is 13.5 Å². The topological polar surface area (TPSA) is 130 Å². The molecule has 0 saturated carbocycles. The molecular formula is C23H24ClN7O3. The first-order valence-corrected chi connectivity index (χ1v) is 10.3. The number of tetrazole rings is 1. The Balaban J connectivity index is 0.00000324. The van der Waals surface area contributed by atoms with E-state index >= 15 is 0 Å². The molecule has 34 heavy (non-hydrogen) atoms. The van der Waals surface area contributed by atoms with Crippen LogP contribution in [0.15, 0.2) is 54.7 Å². The zero-order valence-electron chi connectivity index (χ0n) is 18.7. The van der Waals surface area contributed by atoms with Gasteiger partial charge in [0.2, 0.25) is 5.82 Å². The van der Waals surface area contributed by atoms with Gasteiger partial charge in [-0.2, -0.15) is 5.21 Å². The summed E-state index contributed by atoms with van der Waals surface area (Å²) in [6, 6.07) is 15.9. The van der Waals surface area contributed by atoms with Gasteiger partial charge in [-0.05, 0) is 28.8 Å². The average Bonchev–Trinajstić information content (AvgIpc) is 3.37. The van der Waals surface area contributed by atoms with E-state index in [4.69, 9.17) is 4.74 Å². The van der Waals surface area contributed by atoms with Crippen molar-refractivity contribution in [1.29, 1.82) is 0 Å². The number of H-pyrrole nitrogens is 1. The van der Waals surface area contributed by atoms with E-state index in [0.717, 1.165) is 22.3 Å². The molecule has 2 heterocycles. The molecule has 0 amide bonds. The van der Waals surface area contributed by atoms with Crippen LogP contribution in [-0.2, 0) is 11.3 Å². The highest BCUT2D eigenvalue weighted by Gasteiger charge is 2.19. The smallest absolute Gasteiger partial charge is 0.341 e. The van der Waals surface area contributed by atoms with Crippen molar-refractivity contribution in [3.8, 4) is 22.5 Å². The number of nitrogens with zero attached hydrogens (tertiary/aromatic N) is 6. The minimum atomic E-state index is -1.07. The molecular weight excluding hydrogens is 458 g/mol. The maximum absolute atomic E-state index is 11.7. The van der Waals surface area contributed by atoms with Crippen LogP contribution in [0.3, 0.4) is 0 Å². The van der Waals surface area contributed by atoms with Crippen LogP contribution in [0, 0.1) is 6.92 Å². The number of benzene rings is 2. The van der Waals surface area contributed by atoms with Crippen LogP contribution in [0.5, 0.6) is 0 Å². The first-order valence-electron chi connectivity index (χ1n) is 10.3. The Morgan fingerprint density at radius 3 is 2.50 bits per heavy atom. The van der Waals surface area contributed by atoms with Gasteiger partial charge in [0.1, 0.15) is 17.2 Å². The van der Waals surface area contributed by atoms with E-state index < -0.39 is 5.97 Å². The fraction of sp³-hybridized carbons (Fsp3) is 0.217. The van der Waals surface area contributed by atoms with Gasteiger partial charge in [-0.3, -0.25) is 0 Å². The second-order valence-electron chi connectivity index (χ2n) is 7.35. The third-order valence-electron chi connectivity index (χ3n) is 5.14. The number of rotatable bonds is 9. The standard InChI is InChI=1S/C23H23N7O3.ClH/c1-15-24-13-20(23(31)32)22(25-15)30(11-12-33-2)14-16-7-9-17(10-8-16)18-5-3-4-6-19(18)21-26-28-29-27-21;/h3-10,13H,11-12,14H2,1-2H3,(H,31,32)(H,26,27,28,29);1H. The minimum Gasteiger partial charge on any atom is -0.477 e. The normalized spacial score (nSPS) is 10.5. The van der Waals surface area contributed by atoms with E-state index in [1.54, 1.807) is 14.0 Å². The number of nitrogens with one attached hydrogen (secondary N) is 1. The van der Waals surface area contributed by atoms with Gasteiger partial charge in [0.05, 0.1) is 6.61 Å². The van der Waals surface area contributed by atoms with Gasteiger partial charge in [0.25, 0.3) is 0 Å². The lowest BCUT2D eigenvalue weighted by Crippen LogP contribution is -2.29. The summed E-state index contributed by atoms with van der Waals surface area (Å²) in [5.41, 5.74) is 3.93. The molecule has 0 aliphatic rings. The molecule has 0 aliphatic carbocycles. The largest absolute Gasteiger partial charge is 0.477 e. The summed E-state index contributed by atoms with van der Waals surface area (Å²) >= 11 is 0. The van der Waals surface area contributed by atoms with Crippen LogP contribution in [0.4, 0.5) is 5.82 Å². The highest BCUT2D eigenvalue weighted by atomic mass is 35.5.